The number of nitrogens with one attached hydrogen (secondary N) is 1. The quantitative estimate of drug-likeness (QED) is 0.440. The lowest BCUT2D eigenvalue weighted by atomic mass is 10.1. The maximum absolute atomic E-state index is 13.3. The molecule has 2 rings (SSSR count). The van der Waals surface area contributed by atoms with E-state index in [1.165, 1.54) is 9.21 Å². The minimum atomic E-state index is -3.53. The van der Waals surface area contributed by atoms with E-state index in [2.05, 4.69) is 5.32 Å². The van der Waals surface area contributed by atoms with Gasteiger partial charge in [-0.3, -0.25) is 13.9 Å². The van der Waals surface area contributed by atoms with Gasteiger partial charge in [0.2, 0.25) is 21.8 Å². The van der Waals surface area contributed by atoms with E-state index in [1.807, 2.05) is 13.8 Å². The zero-order valence-corrected chi connectivity index (χ0v) is 22.0. The predicted molar refractivity (Wildman–Crippen MR) is 138 cm³/mol. The summed E-state index contributed by atoms with van der Waals surface area (Å²) in [5, 5.41) is 3.59. The van der Waals surface area contributed by atoms with Crippen LogP contribution in [0.4, 0.5) is 5.69 Å². The highest BCUT2D eigenvalue weighted by Crippen LogP contribution is 2.27. The van der Waals surface area contributed by atoms with E-state index in [1.54, 1.807) is 48.5 Å². The van der Waals surface area contributed by atoms with Crippen LogP contribution >= 0.6 is 23.2 Å². The summed E-state index contributed by atoms with van der Waals surface area (Å²) in [6.07, 6.45) is 1.87. The third-order valence-corrected chi connectivity index (χ3v) is 7.23. The summed E-state index contributed by atoms with van der Waals surface area (Å²) in [6, 6.07) is 13.1. The maximum Gasteiger partial charge on any atom is 0.242 e. The van der Waals surface area contributed by atoms with Crippen LogP contribution in [0.2, 0.25) is 10.0 Å². The van der Waals surface area contributed by atoms with Gasteiger partial charge in [-0.1, -0.05) is 54.4 Å². The molecule has 34 heavy (non-hydrogen) atoms. The molecule has 0 heterocycles. The van der Waals surface area contributed by atoms with Gasteiger partial charge in [0.05, 0.1) is 11.9 Å². The second-order valence-electron chi connectivity index (χ2n) is 7.81. The van der Waals surface area contributed by atoms with Gasteiger partial charge in [0, 0.05) is 41.7 Å². The first-order valence-corrected chi connectivity index (χ1v) is 13.7. The number of amides is 2. The summed E-state index contributed by atoms with van der Waals surface area (Å²) < 4.78 is 25.9. The number of anilines is 1. The number of hydrogen-bond donors (Lipinski definition) is 1. The van der Waals surface area contributed by atoms with Crippen molar-refractivity contribution in [2.24, 2.45) is 0 Å². The van der Waals surface area contributed by atoms with Crippen molar-refractivity contribution < 1.29 is 18.0 Å². The number of nitrogens with zero attached hydrogens (tertiary/aromatic N) is 2. The molecular formula is C24H31Cl2N3O4S. The fourth-order valence-corrected chi connectivity index (χ4v) is 5.15. The maximum atomic E-state index is 13.3. The highest BCUT2D eigenvalue weighted by atomic mass is 35.5. The molecule has 1 N–H and O–H groups in total. The predicted octanol–water partition coefficient (Wildman–Crippen LogP) is 4.48. The molecular weight excluding hydrogens is 497 g/mol. The van der Waals surface area contributed by atoms with E-state index in [9.17, 15) is 18.0 Å². The standard InChI is InChI=1S/C24H31Cl2N3O4S/c1-4-22(24(31)27-5-2)28(17-19-20(25)13-9-14-21(19)26)23(30)15-10-16-29(34(3,32)33)18-11-7-6-8-12-18/h6-9,11-14,22H,4-5,10,15-17H2,1-3H3,(H,27,31). The molecule has 0 aliphatic heterocycles. The molecule has 1 unspecified atom stereocenters. The minimum Gasteiger partial charge on any atom is -0.355 e. The molecule has 0 aliphatic carbocycles. The lowest BCUT2D eigenvalue weighted by Gasteiger charge is -2.31. The third kappa shape index (κ3) is 7.61. The fourth-order valence-electron chi connectivity index (χ4n) is 3.66. The summed E-state index contributed by atoms with van der Waals surface area (Å²) in [5.41, 5.74) is 1.09. The molecule has 0 spiro atoms. The Morgan fingerprint density at radius 2 is 1.62 bits per heavy atom. The van der Waals surface area contributed by atoms with Crippen LogP contribution in [0.5, 0.6) is 0 Å². The molecule has 7 nitrogen and oxygen atoms in total. The van der Waals surface area contributed by atoms with Gasteiger partial charge in [-0.2, -0.15) is 0 Å². The van der Waals surface area contributed by atoms with Crippen molar-refractivity contribution in [3.63, 3.8) is 0 Å². The van der Waals surface area contributed by atoms with Crippen molar-refractivity contribution >= 4 is 50.7 Å². The van der Waals surface area contributed by atoms with Crippen LogP contribution in [0.3, 0.4) is 0 Å². The van der Waals surface area contributed by atoms with Crippen LogP contribution < -0.4 is 9.62 Å². The van der Waals surface area contributed by atoms with Gasteiger partial charge in [-0.05, 0) is 44.0 Å². The average molecular weight is 529 g/mol. The molecule has 186 valence electrons. The number of sulfonamides is 1. The molecule has 2 aromatic carbocycles. The van der Waals surface area contributed by atoms with Crippen LogP contribution in [0, 0.1) is 0 Å². The normalized spacial score (nSPS) is 12.1. The molecule has 0 radical (unpaired) electrons. The average Bonchev–Trinajstić information content (AvgIpc) is 2.78. The molecule has 0 aromatic heterocycles. The summed E-state index contributed by atoms with van der Waals surface area (Å²) >= 11 is 12.7. The molecule has 0 fully saturated rings. The Morgan fingerprint density at radius 3 is 2.15 bits per heavy atom. The monoisotopic (exact) mass is 527 g/mol. The number of carbonyl (C=O) groups excluding carboxylic acids is 2. The Morgan fingerprint density at radius 1 is 1.00 bits per heavy atom. The van der Waals surface area contributed by atoms with Crippen LogP contribution in [0.25, 0.3) is 0 Å². The van der Waals surface area contributed by atoms with Crippen molar-refractivity contribution in [2.45, 2.75) is 45.7 Å². The molecule has 2 aromatic rings. The lowest BCUT2D eigenvalue weighted by molar-refractivity contribution is -0.141. The Bertz CT molecular complexity index is 1060. The van der Waals surface area contributed by atoms with Crippen molar-refractivity contribution in [1.29, 1.82) is 0 Å². The van der Waals surface area contributed by atoms with Gasteiger partial charge in [0.25, 0.3) is 0 Å². The highest BCUT2D eigenvalue weighted by Gasteiger charge is 2.29. The van der Waals surface area contributed by atoms with Crippen LogP contribution in [0.1, 0.15) is 38.7 Å². The summed E-state index contributed by atoms with van der Waals surface area (Å²) in [7, 11) is -3.53. The number of halogens is 2. The first-order valence-electron chi connectivity index (χ1n) is 11.1. The van der Waals surface area contributed by atoms with Crippen molar-refractivity contribution in [3.8, 4) is 0 Å². The highest BCUT2D eigenvalue weighted by molar-refractivity contribution is 7.92. The lowest BCUT2D eigenvalue weighted by Crippen LogP contribution is -2.49. The molecule has 0 bridgehead atoms. The second-order valence-corrected chi connectivity index (χ2v) is 10.5. The van der Waals surface area contributed by atoms with Gasteiger partial charge >= 0.3 is 0 Å². The van der Waals surface area contributed by atoms with Gasteiger partial charge in [-0.25, -0.2) is 8.42 Å². The number of carbonyl (C=O) groups is 2. The molecule has 0 saturated heterocycles. The van der Waals surface area contributed by atoms with Gasteiger partial charge in [-0.15, -0.1) is 0 Å². The first-order chi connectivity index (χ1) is 16.1. The van der Waals surface area contributed by atoms with E-state index in [-0.39, 0.29) is 37.7 Å². The largest absolute Gasteiger partial charge is 0.355 e. The van der Waals surface area contributed by atoms with Crippen LogP contribution in [-0.4, -0.2) is 50.5 Å². The SMILES string of the molecule is CCNC(=O)C(CC)N(Cc1c(Cl)cccc1Cl)C(=O)CCCN(c1ccccc1)S(C)(=O)=O. The van der Waals surface area contributed by atoms with Gasteiger partial charge < -0.3 is 10.2 Å². The topological polar surface area (TPSA) is 86.8 Å². The van der Waals surface area contributed by atoms with Crippen LogP contribution in [0.15, 0.2) is 48.5 Å². The van der Waals surface area contributed by atoms with E-state index in [4.69, 9.17) is 23.2 Å². The van der Waals surface area contributed by atoms with Gasteiger partial charge in [0.15, 0.2) is 0 Å². The van der Waals surface area contributed by atoms with E-state index in [0.717, 1.165) is 6.26 Å². The zero-order chi connectivity index (χ0) is 25.3. The molecule has 0 aliphatic rings. The van der Waals surface area contributed by atoms with Crippen LogP contribution in [-0.2, 0) is 26.2 Å². The Balaban J connectivity index is 2.24. The molecule has 0 saturated carbocycles. The third-order valence-electron chi connectivity index (χ3n) is 5.32. The van der Waals surface area contributed by atoms with E-state index < -0.39 is 16.1 Å². The number of rotatable bonds is 12. The van der Waals surface area contributed by atoms with Crippen molar-refractivity contribution in [1.82, 2.24) is 10.2 Å². The molecule has 1 atom stereocenters. The number of para-hydroxylation sites is 1. The Hall–Kier alpha value is -2.29. The number of benzene rings is 2. The number of likely N-dealkylation sites (N-methyl/N-ethyl adjacent to an activating group) is 1. The smallest absolute Gasteiger partial charge is 0.242 e. The van der Waals surface area contributed by atoms with E-state index in [0.29, 0.717) is 34.3 Å². The van der Waals surface area contributed by atoms with Crippen molar-refractivity contribution in [2.75, 3.05) is 23.7 Å². The second kappa shape index (κ2) is 13.0. The first kappa shape index (κ1) is 28.0. The Labute approximate surface area is 212 Å². The fraction of sp³-hybridized carbons (Fsp3) is 0.417. The van der Waals surface area contributed by atoms with Crippen molar-refractivity contribution in [3.05, 3.63) is 64.1 Å². The summed E-state index contributed by atoms with van der Waals surface area (Å²) in [4.78, 5) is 27.5. The molecule has 10 heteroatoms. The summed E-state index contributed by atoms with van der Waals surface area (Å²) in [6.45, 7) is 4.28. The van der Waals surface area contributed by atoms with E-state index >= 15 is 0 Å². The minimum absolute atomic E-state index is 0.0524. The zero-order valence-electron chi connectivity index (χ0n) is 19.6. The summed E-state index contributed by atoms with van der Waals surface area (Å²) in [5.74, 6) is -0.542. The molecule has 2 amide bonds. The Kier molecular flexibility index (Phi) is 10.7. The van der Waals surface area contributed by atoms with Gasteiger partial charge in [0.1, 0.15) is 6.04 Å². The number of hydrogen-bond acceptors (Lipinski definition) is 4.